The van der Waals surface area contributed by atoms with Gasteiger partial charge in [-0.2, -0.15) is 0 Å². The number of rotatable bonds is 5. The van der Waals surface area contributed by atoms with Gasteiger partial charge >= 0.3 is 0 Å². The minimum atomic E-state index is -0.113. The number of phenols is 1. The van der Waals surface area contributed by atoms with E-state index in [0.717, 1.165) is 27.0 Å². The van der Waals surface area contributed by atoms with Gasteiger partial charge < -0.3 is 15.3 Å². The number of carbonyl (C=O) groups excluding carboxylic acids is 1. The summed E-state index contributed by atoms with van der Waals surface area (Å²) >= 11 is 1.45. The van der Waals surface area contributed by atoms with Gasteiger partial charge in [0.15, 0.2) is 0 Å². The van der Waals surface area contributed by atoms with Crippen molar-refractivity contribution in [3.05, 3.63) is 54.7 Å². The molecule has 0 saturated carbocycles. The predicted molar refractivity (Wildman–Crippen MR) is 111 cm³/mol. The first-order valence-corrected chi connectivity index (χ1v) is 9.66. The molecule has 2 heterocycles. The average molecular weight is 393 g/mol. The molecule has 0 bridgehead atoms. The van der Waals surface area contributed by atoms with Gasteiger partial charge in [0.2, 0.25) is 16.0 Å². The molecule has 0 fully saturated rings. The van der Waals surface area contributed by atoms with Crippen LogP contribution >= 0.6 is 11.3 Å². The fraction of sp³-hybridized carbons (Fsp3) is 0.150. The number of nitrogens with one attached hydrogen (secondary N) is 1. The van der Waals surface area contributed by atoms with Crippen molar-refractivity contribution in [2.45, 2.75) is 13.8 Å². The van der Waals surface area contributed by atoms with Gasteiger partial charge in [0, 0.05) is 24.7 Å². The molecule has 1 amide bonds. The van der Waals surface area contributed by atoms with E-state index >= 15 is 0 Å². The molecule has 4 aromatic rings. The van der Waals surface area contributed by atoms with Gasteiger partial charge in [-0.1, -0.05) is 35.6 Å². The maximum Gasteiger partial charge on any atom is 0.221 e. The summed E-state index contributed by atoms with van der Waals surface area (Å²) in [6.07, 6.45) is 1.86. The highest BCUT2D eigenvalue weighted by molar-refractivity contribution is 7.20. The van der Waals surface area contributed by atoms with E-state index in [1.54, 1.807) is 16.6 Å². The number of nitrogens with zero attached hydrogens (tertiary/aromatic N) is 4. The van der Waals surface area contributed by atoms with E-state index in [9.17, 15) is 9.90 Å². The zero-order valence-electron chi connectivity index (χ0n) is 15.5. The lowest BCUT2D eigenvalue weighted by atomic mass is 10.1. The monoisotopic (exact) mass is 393 g/mol. The van der Waals surface area contributed by atoms with Crippen LogP contribution in [0.25, 0.3) is 16.2 Å². The van der Waals surface area contributed by atoms with Crippen molar-refractivity contribution in [3.8, 4) is 17.0 Å². The molecule has 0 unspecified atom stereocenters. The summed E-state index contributed by atoms with van der Waals surface area (Å²) < 4.78 is 1.74. The summed E-state index contributed by atoms with van der Waals surface area (Å²) in [4.78, 5) is 18.6. The zero-order chi connectivity index (χ0) is 19.7. The fourth-order valence-corrected chi connectivity index (χ4v) is 3.96. The van der Waals surface area contributed by atoms with Crippen molar-refractivity contribution in [1.82, 2.24) is 14.6 Å². The number of aromatic hydroxyl groups is 1. The van der Waals surface area contributed by atoms with E-state index in [0.29, 0.717) is 12.2 Å². The summed E-state index contributed by atoms with van der Waals surface area (Å²) in [6, 6.07) is 14.8. The van der Waals surface area contributed by atoms with Crippen molar-refractivity contribution in [2.24, 2.45) is 0 Å². The molecule has 2 N–H and O–H groups in total. The average Bonchev–Trinajstić information content (AvgIpc) is 3.23. The molecule has 0 aliphatic rings. The first-order chi connectivity index (χ1) is 13.5. The van der Waals surface area contributed by atoms with Crippen molar-refractivity contribution in [3.63, 3.8) is 0 Å². The Kier molecular flexibility index (Phi) is 4.70. The zero-order valence-corrected chi connectivity index (χ0v) is 16.3. The predicted octanol–water partition coefficient (Wildman–Crippen LogP) is 4.28. The van der Waals surface area contributed by atoms with Crippen LogP contribution in [0.1, 0.15) is 13.8 Å². The molecule has 0 atom stereocenters. The van der Waals surface area contributed by atoms with Crippen molar-refractivity contribution in [2.75, 3.05) is 16.8 Å². The van der Waals surface area contributed by atoms with Gasteiger partial charge in [-0.3, -0.25) is 4.79 Å². The highest BCUT2D eigenvalue weighted by Gasteiger charge is 2.17. The molecular formula is C20H19N5O2S. The van der Waals surface area contributed by atoms with E-state index in [2.05, 4.69) is 15.4 Å². The minimum absolute atomic E-state index is 0.113. The van der Waals surface area contributed by atoms with E-state index in [1.165, 1.54) is 18.3 Å². The summed E-state index contributed by atoms with van der Waals surface area (Å²) in [6.45, 7) is 4.16. The lowest BCUT2D eigenvalue weighted by molar-refractivity contribution is -0.114. The lowest BCUT2D eigenvalue weighted by Gasteiger charge is -2.20. The smallest absolute Gasteiger partial charge is 0.221 e. The molecule has 0 aliphatic carbocycles. The number of para-hydroxylation sites is 2. The summed E-state index contributed by atoms with van der Waals surface area (Å²) in [5, 5.41) is 18.3. The summed E-state index contributed by atoms with van der Waals surface area (Å²) in [7, 11) is 0. The standard InChI is InChI=1S/C20H19N5O2S/c1-3-24(17-9-4-5-10-18(17)27)20-23-25-12-16(22-19(25)28-20)14-7-6-8-15(11-14)21-13(2)26/h4-12,27H,3H2,1-2H3,(H,21,26). The van der Waals surface area contributed by atoms with E-state index in [1.807, 2.05) is 54.4 Å². The minimum Gasteiger partial charge on any atom is -0.506 e. The number of phenolic OH excluding ortho intramolecular Hbond substituents is 1. The second kappa shape index (κ2) is 7.32. The number of amides is 1. The maximum absolute atomic E-state index is 11.3. The molecule has 2 aromatic heterocycles. The third kappa shape index (κ3) is 3.41. The quantitative estimate of drug-likeness (QED) is 0.529. The van der Waals surface area contributed by atoms with Crippen LogP contribution in [0.15, 0.2) is 54.7 Å². The van der Waals surface area contributed by atoms with Crippen LogP contribution in [-0.2, 0) is 4.79 Å². The van der Waals surface area contributed by atoms with Gasteiger partial charge in [0.25, 0.3) is 0 Å². The van der Waals surface area contributed by atoms with Gasteiger partial charge in [0.1, 0.15) is 5.75 Å². The number of fused-ring (bicyclic) bond motifs is 1. The van der Waals surface area contributed by atoms with Crippen LogP contribution in [0, 0.1) is 0 Å². The van der Waals surface area contributed by atoms with Gasteiger partial charge in [-0.05, 0) is 31.2 Å². The molecule has 4 rings (SSSR count). The van der Waals surface area contributed by atoms with E-state index in [4.69, 9.17) is 0 Å². The number of hydrogen-bond acceptors (Lipinski definition) is 6. The van der Waals surface area contributed by atoms with Gasteiger partial charge in [-0.15, -0.1) is 5.10 Å². The molecule has 0 radical (unpaired) electrons. The Morgan fingerprint density at radius 2 is 2.07 bits per heavy atom. The lowest BCUT2D eigenvalue weighted by Crippen LogP contribution is -2.16. The molecule has 0 aliphatic heterocycles. The van der Waals surface area contributed by atoms with Crippen molar-refractivity contribution < 1.29 is 9.90 Å². The highest BCUT2D eigenvalue weighted by atomic mass is 32.1. The van der Waals surface area contributed by atoms with E-state index < -0.39 is 0 Å². The van der Waals surface area contributed by atoms with Crippen LogP contribution in [0.3, 0.4) is 0 Å². The number of aromatic nitrogens is 3. The second-order valence-electron chi connectivity index (χ2n) is 6.23. The molecule has 0 spiro atoms. The number of carbonyl (C=O) groups is 1. The third-order valence-corrected chi connectivity index (χ3v) is 5.18. The number of benzene rings is 2. The van der Waals surface area contributed by atoms with E-state index in [-0.39, 0.29) is 11.7 Å². The van der Waals surface area contributed by atoms with Crippen LogP contribution in [-0.4, -0.2) is 32.2 Å². The first kappa shape index (κ1) is 18.0. The molecule has 7 nitrogen and oxygen atoms in total. The molecule has 8 heteroatoms. The second-order valence-corrected chi connectivity index (χ2v) is 7.17. The molecule has 0 saturated heterocycles. The van der Waals surface area contributed by atoms with Crippen LogP contribution < -0.4 is 10.2 Å². The Morgan fingerprint density at radius 1 is 1.25 bits per heavy atom. The number of hydrogen-bond donors (Lipinski definition) is 2. The highest BCUT2D eigenvalue weighted by Crippen LogP contribution is 2.35. The molecule has 2 aromatic carbocycles. The molecular weight excluding hydrogens is 374 g/mol. The Balaban J connectivity index is 1.67. The Morgan fingerprint density at radius 3 is 2.79 bits per heavy atom. The SMILES string of the molecule is CCN(c1nn2cc(-c3cccc(NC(C)=O)c3)nc2s1)c1ccccc1O. The maximum atomic E-state index is 11.3. The van der Waals surface area contributed by atoms with Crippen molar-refractivity contribution >= 4 is 38.7 Å². The fourth-order valence-electron chi connectivity index (χ4n) is 3.00. The number of anilines is 3. The topological polar surface area (TPSA) is 82.8 Å². The third-order valence-electron chi connectivity index (χ3n) is 4.23. The Hall–Kier alpha value is -3.39. The van der Waals surface area contributed by atoms with Crippen molar-refractivity contribution in [1.29, 1.82) is 0 Å². The van der Waals surface area contributed by atoms with Gasteiger partial charge in [0.05, 0.1) is 17.6 Å². The molecule has 28 heavy (non-hydrogen) atoms. The normalized spacial score (nSPS) is 10.9. The van der Waals surface area contributed by atoms with Gasteiger partial charge in [-0.25, -0.2) is 9.50 Å². The van der Waals surface area contributed by atoms with Crippen LogP contribution in [0.4, 0.5) is 16.5 Å². The summed E-state index contributed by atoms with van der Waals surface area (Å²) in [5.41, 5.74) is 3.12. The van der Waals surface area contributed by atoms with Crippen LogP contribution in [0.5, 0.6) is 5.75 Å². The first-order valence-electron chi connectivity index (χ1n) is 8.85. The Labute approximate surface area is 165 Å². The summed E-state index contributed by atoms with van der Waals surface area (Å²) in [5.74, 6) is 0.103. The van der Waals surface area contributed by atoms with Crippen LogP contribution in [0.2, 0.25) is 0 Å². The number of imidazole rings is 1. The largest absolute Gasteiger partial charge is 0.506 e. The Bertz CT molecular complexity index is 1120. The molecule has 142 valence electrons.